The number of rotatable bonds is 2. The lowest BCUT2D eigenvalue weighted by molar-refractivity contribution is 0.405. The molecule has 0 aliphatic heterocycles. The Balaban J connectivity index is 2.25. The summed E-state index contributed by atoms with van der Waals surface area (Å²) in [6.07, 6.45) is 3.66. The molecule has 0 saturated heterocycles. The number of nitriles is 1. The number of aromatic nitrogens is 2. The summed E-state index contributed by atoms with van der Waals surface area (Å²) in [6.45, 7) is 4.25. The van der Waals surface area contributed by atoms with E-state index >= 15 is 0 Å². The number of benzene rings is 1. The van der Waals surface area contributed by atoms with E-state index < -0.39 is 0 Å². The van der Waals surface area contributed by atoms with Gasteiger partial charge in [-0.15, -0.1) is 11.6 Å². The van der Waals surface area contributed by atoms with Gasteiger partial charge in [0.25, 0.3) is 0 Å². The summed E-state index contributed by atoms with van der Waals surface area (Å²) in [6, 6.07) is 8.35. The summed E-state index contributed by atoms with van der Waals surface area (Å²) in [5, 5.41) is 8.99. The van der Waals surface area contributed by atoms with Gasteiger partial charge in [0.05, 0.1) is 28.0 Å². The lowest BCUT2D eigenvalue weighted by Crippen LogP contribution is -2.15. The lowest BCUT2D eigenvalue weighted by atomic mass is 10.1. The standard InChI is InChI=1S/C16H18ClN3/c1-10-4-3-5-14(10)20-15-8-12(9-18)6-7-13(15)19-16(20)11(2)17/h6-8,10-11,14H,3-5H2,1-2H3. The van der Waals surface area contributed by atoms with E-state index in [-0.39, 0.29) is 5.38 Å². The second-order valence-electron chi connectivity index (χ2n) is 5.75. The Morgan fingerprint density at radius 2 is 2.25 bits per heavy atom. The van der Waals surface area contributed by atoms with Gasteiger partial charge >= 0.3 is 0 Å². The van der Waals surface area contributed by atoms with Gasteiger partial charge in [0.15, 0.2) is 0 Å². The van der Waals surface area contributed by atoms with Crippen LogP contribution in [-0.4, -0.2) is 9.55 Å². The van der Waals surface area contributed by atoms with Crippen LogP contribution in [0.1, 0.15) is 55.9 Å². The van der Waals surface area contributed by atoms with Crippen molar-refractivity contribution < 1.29 is 0 Å². The molecule has 1 aromatic heterocycles. The Hall–Kier alpha value is -1.53. The molecule has 20 heavy (non-hydrogen) atoms. The minimum absolute atomic E-state index is 0.124. The predicted octanol–water partition coefficient (Wildman–Crippen LogP) is 4.57. The number of fused-ring (bicyclic) bond motifs is 1. The molecule has 1 heterocycles. The summed E-state index contributed by atoms with van der Waals surface area (Å²) in [5.74, 6) is 1.56. The van der Waals surface area contributed by atoms with Crippen LogP contribution in [0.25, 0.3) is 11.0 Å². The molecule has 1 fully saturated rings. The second kappa shape index (κ2) is 5.10. The van der Waals surface area contributed by atoms with Gasteiger partial charge in [-0.3, -0.25) is 0 Å². The van der Waals surface area contributed by atoms with E-state index in [0.29, 0.717) is 17.5 Å². The summed E-state index contributed by atoms with van der Waals surface area (Å²) in [4.78, 5) is 4.69. The van der Waals surface area contributed by atoms with Crippen LogP contribution in [0.3, 0.4) is 0 Å². The van der Waals surface area contributed by atoms with Gasteiger partial charge in [0.2, 0.25) is 0 Å². The van der Waals surface area contributed by atoms with Crippen molar-refractivity contribution in [2.45, 2.75) is 44.5 Å². The van der Waals surface area contributed by atoms with Crippen LogP contribution in [0, 0.1) is 17.2 Å². The molecule has 2 aromatic rings. The molecule has 0 bridgehead atoms. The summed E-state index contributed by atoms with van der Waals surface area (Å²) >= 11 is 6.33. The van der Waals surface area contributed by atoms with E-state index in [1.54, 1.807) is 0 Å². The monoisotopic (exact) mass is 287 g/mol. The third kappa shape index (κ3) is 2.09. The van der Waals surface area contributed by atoms with Gasteiger partial charge in [-0.1, -0.05) is 13.3 Å². The van der Waals surface area contributed by atoms with E-state index in [9.17, 15) is 0 Å². The number of hydrogen-bond donors (Lipinski definition) is 0. The van der Waals surface area contributed by atoms with E-state index in [4.69, 9.17) is 16.9 Å². The van der Waals surface area contributed by atoms with Gasteiger partial charge < -0.3 is 4.57 Å². The van der Waals surface area contributed by atoms with Crippen LogP contribution >= 0.6 is 11.6 Å². The minimum Gasteiger partial charge on any atom is -0.323 e. The van der Waals surface area contributed by atoms with Crippen molar-refractivity contribution in [1.29, 1.82) is 5.26 Å². The highest BCUT2D eigenvalue weighted by molar-refractivity contribution is 6.20. The molecule has 1 aliphatic rings. The van der Waals surface area contributed by atoms with Crippen molar-refractivity contribution in [3.05, 3.63) is 29.6 Å². The fourth-order valence-electron chi connectivity index (χ4n) is 3.32. The molecular weight excluding hydrogens is 270 g/mol. The van der Waals surface area contributed by atoms with Crippen LogP contribution in [-0.2, 0) is 0 Å². The number of alkyl halides is 1. The topological polar surface area (TPSA) is 41.6 Å². The Labute approximate surface area is 124 Å². The Morgan fingerprint density at radius 1 is 1.45 bits per heavy atom. The number of nitrogens with zero attached hydrogens (tertiary/aromatic N) is 3. The molecule has 104 valence electrons. The Morgan fingerprint density at radius 3 is 2.85 bits per heavy atom. The average Bonchev–Trinajstić information content (AvgIpc) is 3.00. The van der Waals surface area contributed by atoms with E-state index in [0.717, 1.165) is 16.9 Å². The van der Waals surface area contributed by atoms with E-state index in [1.165, 1.54) is 19.3 Å². The SMILES string of the molecule is CC(Cl)c1nc2ccc(C#N)cc2n1C1CCCC1C. The molecule has 3 nitrogen and oxygen atoms in total. The molecule has 1 saturated carbocycles. The van der Waals surface area contributed by atoms with Crippen molar-refractivity contribution in [3.8, 4) is 6.07 Å². The maximum atomic E-state index is 9.12. The summed E-state index contributed by atoms with van der Waals surface area (Å²) in [7, 11) is 0. The fraction of sp³-hybridized carbons (Fsp3) is 0.500. The molecule has 0 radical (unpaired) electrons. The highest BCUT2D eigenvalue weighted by Crippen LogP contribution is 2.40. The van der Waals surface area contributed by atoms with Crippen LogP contribution in [0.4, 0.5) is 0 Å². The van der Waals surface area contributed by atoms with Crippen molar-refractivity contribution in [3.63, 3.8) is 0 Å². The van der Waals surface area contributed by atoms with Gasteiger partial charge in [0.1, 0.15) is 5.82 Å². The van der Waals surface area contributed by atoms with Crippen LogP contribution in [0.5, 0.6) is 0 Å². The van der Waals surface area contributed by atoms with E-state index in [1.807, 2.05) is 25.1 Å². The first-order chi connectivity index (χ1) is 9.61. The first kappa shape index (κ1) is 13.5. The maximum Gasteiger partial charge on any atom is 0.127 e. The average molecular weight is 288 g/mol. The molecule has 1 aromatic carbocycles. The van der Waals surface area contributed by atoms with Crippen molar-refractivity contribution in [2.75, 3.05) is 0 Å². The maximum absolute atomic E-state index is 9.12. The predicted molar refractivity (Wildman–Crippen MR) is 80.8 cm³/mol. The molecule has 3 rings (SSSR count). The highest BCUT2D eigenvalue weighted by Gasteiger charge is 2.29. The Kier molecular flexibility index (Phi) is 3.43. The van der Waals surface area contributed by atoms with Gasteiger partial charge in [0, 0.05) is 6.04 Å². The zero-order valence-corrected chi connectivity index (χ0v) is 12.6. The fourth-order valence-corrected chi connectivity index (χ4v) is 3.47. The largest absolute Gasteiger partial charge is 0.323 e. The van der Waals surface area contributed by atoms with Gasteiger partial charge in [-0.25, -0.2) is 4.98 Å². The number of imidazole rings is 1. The Bertz CT molecular complexity index is 681. The van der Waals surface area contributed by atoms with Crippen LogP contribution < -0.4 is 0 Å². The third-order valence-electron chi connectivity index (χ3n) is 4.35. The van der Waals surface area contributed by atoms with Crippen molar-refractivity contribution in [2.24, 2.45) is 5.92 Å². The molecule has 4 heteroatoms. The smallest absolute Gasteiger partial charge is 0.127 e. The van der Waals surface area contributed by atoms with Gasteiger partial charge in [-0.05, 0) is 43.9 Å². The summed E-state index contributed by atoms with van der Waals surface area (Å²) < 4.78 is 2.28. The lowest BCUT2D eigenvalue weighted by Gasteiger charge is -2.21. The second-order valence-corrected chi connectivity index (χ2v) is 6.40. The van der Waals surface area contributed by atoms with Gasteiger partial charge in [-0.2, -0.15) is 5.26 Å². The number of halogens is 1. The highest BCUT2D eigenvalue weighted by atomic mass is 35.5. The molecular formula is C16H18ClN3. The third-order valence-corrected chi connectivity index (χ3v) is 4.54. The minimum atomic E-state index is -0.124. The van der Waals surface area contributed by atoms with E-state index in [2.05, 4.69) is 22.5 Å². The normalized spacial score (nSPS) is 23.9. The molecule has 1 aliphatic carbocycles. The number of hydrogen-bond acceptors (Lipinski definition) is 2. The first-order valence-corrected chi connectivity index (χ1v) is 7.61. The zero-order chi connectivity index (χ0) is 14.3. The molecule has 0 spiro atoms. The molecule has 3 atom stereocenters. The summed E-state index contributed by atoms with van der Waals surface area (Å²) in [5.41, 5.74) is 2.66. The molecule has 0 N–H and O–H groups in total. The van der Waals surface area contributed by atoms with Crippen molar-refractivity contribution in [1.82, 2.24) is 9.55 Å². The molecule has 3 unspecified atom stereocenters. The van der Waals surface area contributed by atoms with Crippen LogP contribution in [0.15, 0.2) is 18.2 Å². The quantitative estimate of drug-likeness (QED) is 0.759. The molecule has 0 amide bonds. The first-order valence-electron chi connectivity index (χ1n) is 7.18. The van der Waals surface area contributed by atoms with Crippen molar-refractivity contribution >= 4 is 22.6 Å². The van der Waals surface area contributed by atoms with Crippen LogP contribution in [0.2, 0.25) is 0 Å². The zero-order valence-electron chi connectivity index (χ0n) is 11.8.